The number of halogens is 2. The minimum atomic E-state index is -0.498. The van der Waals surface area contributed by atoms with E-state index in [1.54, 1.807) is 25.1 Å². The molecular formula is C12H15Cl2NO2. The Bertz CT molecular complexity index is 396. The summed E-state index contributed by atoms with van der Waals surface area (Å²) in [6.45, 7) is 4.25. The van der Waals surface area contributed by atoms with Crippen LogP contribution in [0.25, 0.3) is 0 Å². The molecule has 17 heavy (non-hydrogen) atoms. The summed E-state index contributed by atoms with van der Waals surface area (Å²) < 4.78 is 5.31. The van der Waals surface area contributed by atoms with E-state index >= 15 is 0 Å². The standard InChI is InChI=1S/C12H15Cl2NO2/c1-3-6-17-8(2)12(16)15-11-5-4-9(13)7-10(11)14/h4-5,7-8H,3,6H2,1-2H3,(H,15,16). The molecule has 0 fully saturated rings. The highest BCUT2D eigenvalue weighted by Crippen LogP contribution is 2.25. The lowest BCUT2D eigenvalue weighted by Gasteiger charge is -2.13. The van der Waals surface area contributed by atoms with Crippen molar-refractivity contribution in [1.82, 2.24) is 0 Å². The lowest BCUT2D eigenvalue weighted by molar-refractivity contribution is -0.126. The van der Waals surface area contributed by atoms with Gasteiger partial charge in [0, 0.05) is 11.6 Å². The van der Waals surface area contributed by atoms with Gasteiger partial charge in [-0.3, -0.25) is 4.79 Å². The summed E-state index contributed by atoms with van der Waals surface area (Å²) in [5, 5.41) is 3.63. The Morgan fingerprint density at radius 3 is 2.76 bits per heavy atom. The van der Waals surface area contributed by atoms with E-state index in [1.807, 2.05) is 6.92 Å². The number of benzene rings is 1. The van der Waals surface area contributed by atoms with Crippen molar-refractivity contribution >= 4 is 34.8 Å². The molecule has 1 N–H and O–H groups in total. The number of nitrogens with one attached hydrogen (secondary N) is 1. The lowest BCUT2D eigenvalue weighted by Crippen LogP contribution is -2.28. The number of amides is 1. The van der Waals surface area contributed by atoms with E-state index in [0.29, 0.717) is 22.3 Å². The number of ether oxygens (including phenoxy) is 1. The highest BCUT2D eigenvalue weighted by atomic mass is 35.5. The Labute approximate surface area is 111 Å². The van der Waals surface area contributed by atoms with Gasteiger partial charge in [0.2, 0.25) is 0 Å². The van der Waals surface area contributed by atoms with Crippen molar-refractivity contribution in [2.24, 2.45) is 0 Å². The van der Waals surface area contributed by atoms with Crippen LogP contribution >= 0.6 is 23.2 Å². The Kier molecular flexibility index (Phi) is 5.75. The summed E-state index contributed by atoms with van der Waals surface area (Å²) >= 11 is 11.7. The summed E-state index contributed by atoms with van der Waals surface area (Å²) in [7, 11) is 0. The van der Waals surface area contributed by atoms with Gasteiger partial charge in [-0.1, -0.05) is 30.1 Å². The molecule has 0 saturated heterocycles. The molecule has 1 unspecified atom stereocenters. The molecule has 0 radical (unpaired) electrons. The van der Waals surface area contributed by atoms with Crippen molar-refractivity contribution < 1.29 is 9.53 Å². The molecule has 1 rings (SSSR count). The highest BCUT2D eigenvalue weighted by molar-refractivity contribution is 6.36. The molecule has 0 aliphatic heterocycles. The molecule has 0 heterocycles. The molecule has 0 saturated carbocycles. The molecule has 0 spiro atoms. The summed E-state index contributed by atoms with van der Waals surface area (Å²) in [4.78, 5) is 11.7. The number of carbonyl (C=O) groups excluding carboxylic acids is 1. The number of hydrogen-bond donors (Lipinski definition) is 1. The first-order valence-electron chi connectivity index (χ1n) is 5.42. The molecule has 0 bridgehead atoms. The minimum absolute atomic E-state index is 0.220. The topological polar surface area (TPSA) is 38.3 Å². The van der Waals surface area contributed by atoms with Crippen LogP contribution in [-0.2, 0) is 9.53 Å². The van der Waals surface area contributed by atoms with E-state index in [1.165, 1.54) is 0 Å². The second kappa shape index (κ2) is 6.84. The van der Waals surface area contributed by atoms with E-state index in [2.05, 4.69) is 5.32 Å². The fraction of sp³-hybridized carbons (Fsp3) is 0.417. The third-order valence-corrected chi connectivity index (χ3v) is 2.68. The van der Waals surface area contributed by atoms with Gasteiger partial charge in [-0.2, -0.15) is 0 Å². The molecule has 0 aliphatic rings. The van der Waals surface area contributed by atoms with Crippen LogP contribution in [0.2, 0.25) is 10.0 Å². The normalized spacial score (nSPS) is 12.2. The predicted octanol–water partition coefficient (Wildman–Crippen LogP) is 3.75. The van der Waals surface area contributed by atoms with E-state index in [4.69, 9.17) is 27.9 Å². The predicted molar refractivity (Wildman–Crippen MR) is 70.8 cm³/mol. The average molecular weight is 276 g/mol. The number of hydrogen-bond acceptors (Lipinski definition) is 2. The first kappa shape index (κ1) is 14.3. The number of rotatable bonds is 5. The fourth-order valence-electron chi connectivity index (χ4n) is 1.20. The number of anilines is 1. The van der Waals surface area contributed by atoms with Gasteiger partial charge in [0.15, 0.2) is 0 Å². The monoisotopic (exact) mass is 275 g/mol. The summed E-state index contributed by atoms with van der Waals surface area (Å²) in [6.07, 6.45) is 0.376. The molecule has 0 aromatic heterocycles. The summed E-state index contributed by atoms with van der Waals surface area (Å²) in [6, 6.07) is 4.91. The van der Waals surface area contributed by atoms with E-state index < -0.39 is 6.10 Å². The molecule has 1 amide bonds. The third kappa shape index (κ3) is 4.54. The van der Waals surface area contributed by atoms with Crippen LogP contribution < -0.4 is 5.32 Å². The maximum Gasteiger partial charge on any atom is 0.253 e. The van der Waals surface area contributed by atoms with E-state index in [-0.39, 0.29) is 5.91 Å². The van der Waals surface area contributed by atoms with Gasteiger partial charge in [0.25, 0.3) is 5.91 Å². The zero-order valence-electron chi connectivity index (χ0n) is 9.80. The van der Waals surface area contributed by atoms with Crippen molar-refractivity contribution in [3.8, 4) is 0 Å². The second-order valence-electron chi connectivity index (χ2n) is 3.63. The number of carbonyl (C=O) groups is 1. The zero-order valence-corrected chi connectivity index (χ0v) is 11.3. The van der Waals surface area contributed by atoms with Gasteiger partial charge in [0.05, 0.1) is 10.7 Å². The van der Waals surface area contributed by atoms with Crippen LogP contribution in [0.3, 0.4) is 0 Å². The van der Waals surface area contributed by atoms with E-state index in [0.717, 1.165) is 6.42 Å². The summed E-state index contributed by atoms with van der Waals surface area (Å²) in [5.74, 6) is -0.220. The molecule has 1 aromatic carbocycles. The second-order valence-corrected chi connectivity index (χ2v) is 4.47. The van der Waals surface area contributed by atoms with Crippen LogP contribution in [0, 0.1) is 0 Å². The molecule has 94 valence electrons. The van der Waals surface area contributed by atoms with Crippen LogP contribution in [-0.4, -0.2) is 18.6 Å². The van der Waals surface area contributed by atoms with Crippen molar-refractivity contribution in [2.45, 2.75) is 26.4 Å². The Morgan fingerprint density at radius 1 is 1.47 bits per heavy atom. The first-order chi connectivity index (χ1) is 8.04. The molecule has 3 nitrogen and oxygen atoms in total. The maximum atomic E-state index is 11.7. The largest absolute Gasteiger partial charge is 0.369 e. The zero-order chi connectivity index (χ0) is 12.8. The molecule has 0 aliphatic carbocycles. The average Bonchev–Trinajstić information content (AvgIpc) is 2.29. The van der Waals surface area contributed by atoms with Crippen molar-refractivity contribution in [3.05, 3.63) is 28.2 Å². The van der Waals surface area contributed by atoms with Gasteiger partial charge >= 0.3 is 0 Å². The van der Waals surface area contributed by atoms with Gasteiger partial charge < -0.3 is 10.1 Å². The fourth-order valence-corrected chi connectivity index (χ4v) is 1.65. The van der Waals surface area contributed by atoms with Crippen LogP contribution in [0.5, 0.6) is 0 Å². The van der Waals surface area contributed by atoms with Crippen molar-refractivity contribution in [1.29, 1.82) is 0 Å². The van der Waals surface area contributed by atoms with Gasteiger partial charge in [0.1, 0.15) is 6.10 Å². The Balaban J connectivity index is 2.61. The molecule has 5 heteroatoms. The molecular weight excluding hydrogens is 261 g/mol. The Hall–Kier alpha value is -0.770. The van der Waals surface area contributed by atoms with Gasteiger partial charge in [-0.25, -0.2) is 0 Å². The lowest BCUT2D eigenvalue weighted by atomic mass is 10.3. The maximum absolute atomic E-state index is 11.7. The molecule has 1 aromatic rings. The quantitative estimate of drug-likeness (QED) is 0.889. The SMILES string of the molecule is CCCOC(C)C(=O)Nc1ccc(Cl)cc1Cl. The first-order valence-corrected chi connectivity index (χ1v) is 6.17. The molecule has 1 atom stereocenters. The van der Waals surface area contributed by atoms with Crippen LogP contribution in [0.15, 0.2) is 18.2 Å². The summed E-state index contributed by atoms with van der Waals surface area (Å²) in [5.41, 5.74) is 0.535. The van der Waals surface area contributed by atoms with Crippen molar-refractivity contribution in [2.75, 3.05) is 11.9 Å². The highest BCUT2D eigenvalue weighted by Gasteiger charge is 2.14. The minimum Gasteiger partial charge on any atom is -0.369 e. The Morgan fingerprint density at radius 2 is 2.18 bits per heavy atom. The van der Waals surface area contributed by atoms with Crippen molar-refractivity contribution in [3.63, 3.8) is 0 Å². The van der Waals surface area contributed by atoms with Gasteiger partial charge in [-0.05, 0) is 31.5 Å². The van der Waals surface area contributed by atoms with E-state index in [9.17, 15) is 4.79 Å². The van der Waals surface area contributed by atoms with Gasteiger partial charge in [-0.15, -0.1) is 0 Å². The smallest absolute Gasteiger partial charge is 0.253 e. The van der Waals surface area contributed by atoms with Crippen LogP contribution in [0.4, 0.5) is 5.69 Å². The third-order valence-electron chi connectivity index (χ3n) is 2.13. The van der Waals surface area contributed by atoms with Crippen LogP contribution in [0.1, 0.15) is 20.3 Å².